The lowest BCUT2D eigenvalue weighted by Gasteiger charge is -2.65. The highest BCUT2D eigenvalue weighted by Gasteiger charge is 2.72. The van der Waals surface area contributed by atoms with Crippen molar-refractivity contribution in [3.05, 3.63) is 58.8 Å². The molecule has 2 N–H and O–H groups in total. The summed E-state index contributed by atoms with van der Waals surface area (Å²) in [6.45, 7) is 2.66. The molecule has 3 aromatic rings. The molecule has 2 fully saturated rings. The summed E-state index contributed by atoms with van der Waals surface area (Å²) in [5.74, 6) is 2.58. The number of benzene rings is 2. The zero-order valence-electron chi connectivity index (χ0n) is 20.9. The van der Waals surface area contributed by atoms with Gasteiger partial charge in [0.05, 0.1) is 30.4 Å². The van der Waals surface area contributed by atoms with Gasteiger partial charge in [-0.15, -0.1) is 0 Å². The van der Waals surface area contributed by atoms with Gasteiger partial charge in [0.15, 0.2) is 17.6 Å². The van der Waals surface area contributed by atoms with Crippen LogP contribution < -0.4 is 14.8 Å². The predicted molar refractivity (Wildman–Crippen MR) is 138 cm³/mol. The quantitative estimate of drug-likeness (QED) is 0.469. The van der Waals surface area contributed by atoms with E-state index in [1.807, 2.05) is 0 Å². The topological polar surface area (TPSA) is 49.5 Å². The maximum atomic E-state index is 13.4. The summed E-state index contributed by atoms with van der Waals surface area (Å²) in [4.78, 5) is 6.58. The Hall–Kier alpha value is -2.57. The molecular formula is C30H34FN3O2. The van der Waals surface area contributed by atoms with Gasteiger partial charge in [-0.2, -0.15) is 0 Å². The van der Waals surface area contributed by atoms with Crippen molar-refractivity contribution in [3.63, 3.8) is 0 Å². The lowest BCUT2D eigenvalue weighted by atomic mass is 9.47. The Balaban J connectivity index is 1.41. The highest BCUT2D eigenvalue weighted by molar-refractivity contribution is 5.86. The number of para-hydroxylation sites is 1. The van der Waals surface area contributed by atoms with Gasteiger partial charge in [-0.25, -0.2) is 0 Å². The second-order valence-corrected chi connectivity index (χ2v) is 11.7. The molecule has 1 aromatic heterocycles. The average molecular weight is 488 g/mol. The first-order valence-corrected chi connectivity index (χ1v) is 13.7. The van der Waals surface area contributed by atoms with E-state index in [-0.39, 0.29) is 23.7 Å². The van der Waals surface area contributed by atoms with E-state index in [2.05, 4.69) is 51.6 Å². The Bertz CT molecular complexity index is 1370. The molecule has 188 valence electrons. The smallest absolute Gasteiger partial charge is 0.166 e. The van der Waals surface area contributed by atoms with E-state index in [1.54, 1.807) is 7.11 Å². The molecule has 6 heteroatoms. The second kappa shape index (κ2) is 7.48. The van der Waals surface area contributed by atoms with Crippen molar-refractivity contribution < 1.29 is 13.9 Å². The maximum Gasteiger partial charge on any atom is 0.166 e. The summed E-state index contributed by atoms with van der Waals surface area (Å²) >= 11 is 0. The van der Waals surface area contributed by atoms with Crippen LogP contribution in [0.15, 0.2) is 36.4 Å². The molecule has 2 aromatic carbocycles. The van der Waals surface area contributed by atoms with Gasteiger partial charge < -0.3 is 19.8 Å². The fraction of sp³-hybridized carbons (Fsp3) is 0.533. The average Bonchev–Trinajstić information content (AvgIpc) is 3.54. The molecule has 5 aliphatic rings. The number of H-pyrrole nitrogens is 1. The number of halogens is 1. The first kappa shape index (κ1) is 21.5. The summed E-state index contributed by atoms with van der Waals surface area (Å²) in [5, 5.41) is 5.37. The van der Waals surface area contributed by atoms with Crippen LogP contribution in [0.5, 0.6) is 11.5 Å². The number of methoxy groups -OCH3 is 1. The van der Waals surface area contributed by atoms with Crippen LogP contribution in [-0.2, 0) is 18.3 Å². The van der Waals surface area contributed by atoms with Crippen molar-refractivity contribution >= 4 is 10.9 Å². The summed E-state index contributed by atoms with van der Waals surface area (Å²) in [6.07, 6.45) is 6.10. The van der Waals surface area contributed by atoms with Crippen molar-refractivity contribution in [3.8, 4) is 11.5 Å². The van der Waals surface area contributed by atoms with Crippen LogP contribution >= 0.6 is 0 Å². The molecule has 36 heavy (non-hydrogen) atoms. The van der Waals surface area contributed by atoms with Crippen LogP contribution in [0.1, 0.15) is 54.2 Å². The van der Waals surface area contributed by atoms with Gasteiger partial charge in [0, 0.05) is 29.1 Å². The Morgan fingerprint density at radius 1 is 1.22 bits per heavy atom. The normalized spacial score (nSPS) is 31.7. The number of piperidine rings is 1. The van der Waals surface area contributed by atoms with E-state index in [1.165, 1.54) is 52.7 Å². The van der Waals surface area contributed by atoms with Crippen LogP contribution in [0.2, 0.25) is 0 Å². The number of nitrogens with one attached hydrogen (secondary N) is 2. The molecule has 0 amide bonds. The lowest BCUT2D eigenvalue weighted by molar-refractivity contribution is -0.0751. The molecule has 4 atom stereocenters. The molecule has 5 nitrogen and oxygen atoms in total. The largest absolute Gasteiger partial charge is 0.493 e. The van der Waals surface area contributed by atoms with Crippen LogP contribution in [0.3, 0.4) is 0 Å². The zero-order chi connectivity index (χ0) is 24.1. The summed E-state index contributed by atoms with van der Waals surface area (Å²) < 4.78 is 26.3. The number of aromatic amines is 1. The maximum absolute atomic E-state index is 13.4. The van der Waals surface area contributed by atoms with Crippen LogP contribution in [0.25, 0.3) is 10.9 Å². The molecule has 8 rings (SSSR count). The number of alkyl halides is 1. The Labute approximate surface area is 211 Å². The number of likely N-dealkylation sites (tertiary alicyclic amines) is 1. The van der Waals surface area contributed by atoms with Gasteiger partial charge in [-0.1, -0.05) is 24.3 Å². The second-order valence-electron chi connectivity index (χ2n) is 11.7. The van der Waals surface area contributed by atoms with Gasteiger partial charge in [0.25, 0.3) is 0 Å². The van der Waals surface area contributed by atoms with Gasteiger partial charge in [0.2, 0.25) is 0 Å². The van der Waals surface area contributed by atoms with Gasteiger partial charge >= 0.3 is 0 Å². The molecule has 1 saturated carbocycles. The van der Waals surface area contributed by atoms with Gasteiger partial charge in [-0.3, -0.25) is 9.29 Å². The van der Waals surface area contributed by atoms with Crippen molar-refractivity contribution in [1.82, 2.24) is 15.2 Å². The molecule has 1 spiro atoms. The monoisotopic (exact) mass is 487 g/mol. The Kier molecular flexibility index (Phi) is 4.47. The number of rotatable bonds is 7. The molecule has 0 radical (unpaired) electrons. The third kappa shape index (κ3) is 2.57. The Morgan fingerprint density at radius 3 is 2.94 bits per heavy atom. The zero-order valence-corrected chi connectivity index (χ0v) is 20.9. The number of nitrogens with zero attached hydrogens (tertiary/aromatic N) is 1. The summed E-state index contributed by atoms with van der Waals surface area (Å²) in [5.41, 5.74) is 6.09. The fourth-order valence-corrected chi connectivity index (χ4v) is 8.49. The third-order valence-corrected chi connectivity index (χ3v) is 10.1. The minimum Gasteiger partial charge on any atom is -0.493 e. The molecule has 2 aliphatic heterocycles. The van der Waals surface area contributed by atoms with E-state index in [0.717, 1.165) is 43.2 Å². The molecular weight excluding hydrogens is 453 g/mol. The van der Waals surface area contributed by atoms with Crippen molar-refractivity contribution in [2.45, 2.75) is 61.6 Å². The van der Waals surface area contributed by atoms with Crippen LogP contribution in [-0.4, -0.2) is 54.9 Å². The highest BCUT2D eigenvalue weighted by Crippen LogP contribution is 2.69. The molecule has 3 heterocycles. The molecule has 3 aliphatic carbocycles. The van der Waals surface area contributed by atoms with Gasteiger partial charge in [-0.05, 0) is 80.8 Å². The first-order chi connectivity index (χ1) is 17.7. The number of fused-ring (bicyclic) bond motifs is 4. The van der Waals surface area contributed by atoms with E-state index in [4.69, 9.17) is 9.47 Å². The minimum absolute atomic E-state index is 0.109. The van der Waals surface area contributed by atoms with E-state index in [0.29, 0.717) is 19.0 Å². The minimum atomic E-state index is -0.291. The fourth-order valence-electron chi connectivity index (χ4n) is 8.49. The lowest BCUT2D eigenvalue weighted by Crippen LogP contribution is -2.79. The third-order valence-electron chi connectivity index (χ3n) is 10.1. The Morgan fingerprint density at radius 2 is 2.11 bits per heavy atom. The summed E-state index contributed by atoms with van der Waals surface area (Å²) in [7, 11) is 1.74. The number of ether oxygens (including phenoxy) is 2. The number of hydrogen-bond donors (Lipinski definition) is 2. The van der Waals surface area contributed by atoms with E-state index < -0.39 is 0 Å². The molecule has 2 bridgehead atoms. The van der Waals surface area contributed by atoms with E-state index >= 15 is 0 Å². The molecule has 1 unspecified atom stereocenters. The van der Waals surface area contributed by atoms with Gasteiger partial charge in [0.1, 0.15) is 0 Å². The number of aromatic nitrogens is 1. The first-order valence-electron chi connectivity index (χ1n) is 13.7. The standard InChI is InChI=1S/C30H34FN3O2/c1-35-23-10-9-19-15-24-30(32-13-4-12-31)16-21-20-5-2-3-6-22(20)33-26(21)28-29(30,25(19)27(23)36-28)11-14-34(24)17-18-7-8-18/h2-3,5-6,9-10,18,24,28,32-33H,4,7-8,11-17H2,1H3/t24?,28-,29-,30+/m0/s1. The molecule has 1 saturated heterocycles. The van der Waals surface area contributed by atoms with Crippen molar-refractivity contribution in [2.75, 3.05) is 33.4 Å². The predicted octanol–water partition coefficient (Wildman–Crippen LogP) is 4.83. The van der Waals surface area contributed by atoms with Crippen LogP contribution in [0.4, 0.5) is 4.39 Å². The SMILES string of the molecule is COc1ccc2c3c1O[C@H]1c4[nH]c5ccccc5c4C[C@@]4(NCCCF)C(C2)N(CC2CC2)CC[C@]314. The van der Waals surface area contributed by atoms with Crippen molar-refractivity contribution in [2.24, 2.45) is 5.92 Å². The number of hydrogen-bond acceptors (Lipinski definition) is 4. The van der Waals surface area contributed by atoms with Crippen LogP contribution in [0, 0.1) is 5.92 Å². The highest BCUT2D eigenvalue weighted by atomic mass is 19.1. The van der Waals surface area contributed by atoms with E-state index in [9.17, 15) is 4.39 Å². The summed E-state index contributed by atoms with van der Waals surface area (Å²) in [6, 6.07) is 13.4. The van der Waals surface area contributed by atoms with Crippen molar-refractivity contribution in [1.29, 1.82) is 0 Å².